The van der Waals surface area contributed by atoms with E-state index in [4.69, 9.17) is 0 Å². The van der Waals surface area contributed by atoms with Crippen molar-refractivity contribution in [2.24, 2.45) is 0 Å². The fourth-order valence-corrected chi connectivity index (χ4v) is 11.4. The van der Waals surface area contributed by atoms with Crippen LogP contribution < -0.4 is 0 Å². The van der Waals surface area contributed by atoms with Crippen LogP contribution in [0.2, 0.25) is 0 Å². The summed E-state index contributed by atoms with van der Waals surface area (Å²) in [7, 11) is 0. The normalized spacial score (nSPS) is 12.5. The van der Waals surface area contributed by atoms with E-state index in [9.17, 15) is 0 Å². The second-order valence-corrected chi connectivity index (χ2v) is 18.3. The zero-order valence-corrected chi connectivity index (χ0v) is 38.1. The Labute approximate surface area is 404 Å². The van der Waals surface area contributed by atoms with Crippen molar-refractivity contribution in [1.29, 1.82) is 0 Å². The van der Waals surface area contributed by atoms with Gasteiger partial charge in [-0.1, -0.05) is 255 Å². The lowest BCUT2D eigenvalue weighted by atomic mass is 9.67. The molecule has 0 nitrogen and oxygen atoms in total. The zero-order chi connectivity index (χ0) is 45.7. The lowest BCUT2D eigenvalue weighted by Gasteiger charge is -2.34. The predicted octanol–water partition coefficient (Wildman–Crippen LogP) is 18.4. The summed E-state index contributed by atoms with van der Waals surface area (Å²) in [6, 6.07) is 103. The smallest absolute Gasteiger partial charge is 0.0622 e. The lowest BCUT2D eigenvalue weighted by molar-refractivity contribution is 0.769. The second-order valence-electron chi connectivity index (χ2n) is 18.3. The summed E-state index contributed by atoms with van der Waals surface area (Å²) in [5.74, 6) is 0. The van der Waals surface area contributed by atoms with Gasteiger partial charge in [-0.15, -0.1) is 0 Å². The van der Waals surface area contributed by atoms with Gasteiger partial charge in [0, 0.05) is 0 Å². The molecule has 1 aliphatic carbocycles. The number of fused-ring (bicyclic) bond motifs is 5. The quantitative estimate of drug-likeness (QED) is 0.133. The summed E-state index contributed by atoms with van der Waals surface area (Å²) in [6.45, 7) is 0. The van der Waals surface area contributed by atoms with Gasteiger partial charge in [-0.05, 0) is 146 Å². The Morgan fingerprint density at radius 2 is 0.507 bits per heavy atom. The number of hydrogen-bond acceptors (Lipinski definition) is 0. The molecule has 0 aliphatic heterocycles. The molecule has 0 fully saturated rings. The van der Waals surface area contributed by atoms with Crippen LogP contribution in [0.4, 0.5) is 0 Å². The lowest BCUT2D eigenvalue weighted by Crippen LogP contribution is -2.28. The molecule has 0 saturated carbocycles. The monoisotopic (exact) mass is 874 g/mol. The van der Waals surface area contributed by atoms with Gasteiger partial charge >= 0.3 is 0 Å². The maximum absolute atomic E-state index is 2.51. The van der Waals surface area contributed by atoms with Gasteiger partial charge in [-0.3, -0.25) is 0 Å². The molecule has 0 heterocycles. The largest absolute Gasteiger partial charge is 0.0713 e. The van der Waals surface area contributed by atoms with Crippen LogP contribution in [0, 0.1) is 0 Å². The molecule has 12 aromatic carbocycles. The van der Waals surface area contributed by atoms with E-state index < -0.39 is 5.41 Å². The molecule has 0 aromatic heterocycles. The Balaban J connectivity index is 0.905. The summed E-state index contributed by atoms with van der Waals surface area (Å²) in [5, 5.41) is 4.99. The van der Waals surface area contributed by atoms with Crippen LogP contribution in [0.15, 0.2) is 279 Å². The van der Waals surface area contributed by atoms with Crippen molar-refractivity contribution in [2.45, 2.75) is 5.41 Å². The minimum absolute atomic E-state index is 0.475. The van der Waals surface area contributed by atoms with Crippen molar-refractivity contribution in [2.75, 3.05) is 0 Å². The Hall–Kier alpha value is -8.84. The summed E-state index contributed by atoms with van der Waals surface area (Å²) in [5.41, 5.74) is 21.9. The molecule has 13 rings (SSSR count). The Morgan fingerprint density at radius 3 is 0.971 bits per heavy atom. The molecule has 0 bridgehead atoms. The van der Waals surface area contributed by atoms with Crippen molar-refractivity contribution in [3.63, 3.8) is 0 Å². The molecule has 0 spiro atoms. The molecule has 1 aliphatic rings. The standard InChI is InChI=1S/C69H46/c1-5-19-47(20-6-1)54-43-55(48-21-7-2-8-22-48)45-56(44-54)51-35-33-49(34-36-51)50-37-39-52(40-38-50)67-61-28-13-15-30-63(61)68(64-31-16-14-29-62(64)67)53-41-42-60-59-27-17-18-32-65(59)69(66(60)46-53,57-23-9-3-10-24-57)58-25-11-4-12-26-58/h1-46H. The average Bonchev–Trinajstić information content (AvgIpc) is 3.73. The summed E-state index contributed by atoms with van der Waals surface area (Å²) in [6.07, 6.45) is 0. The molecular weight excluding hydrogens is 829 g/mol. The van der Waals surface area contributed by atoms with Crippen molar-refractivity contribution in [3.8, 4) is 77.9 Å². The highest BCUT2D eigenvalue weighted by Crippen LogP contribution is 2.57. The minimum Gasteiger partial charge on any atom is -0.0622 e. The first-order valence-corrected chi connectivity index (χ1v) is 24.0. The Bertz CT molecular complexity index is 3680. The van der Waals surface area contributed by atoms with Gasteiger partial charge in [0.1, 0.15) is 0 Å². The van der Waals surface area contributed by atoms with Crippen LogP contribution in [-0.2, 0) is 5.41 Å². The molecule has 0 saturated heterocycles. The van der Waals surface area contributed by atoms with Gasteiger partial charge in [0.15, 0.2) is 0 Å². The minimum atomic E-state index is -0.475. The van der Waals surface area contributed by atoms with Crippen LogP contribution in [0.5, 0.6) is 0 Å². The van der Waals surface area contributed by atoms with Gasteiger partial charge < -0.3 is 0 Å². The molecule has 322 valence electrons. The first-order valence-electron chi connectivity index (χ1n) is 24.0. The zero-order valence-electron chi connectivity index (χ0n) is 38.1. The fourth-order valence-electron chi connectivity index (χ4n) is 11.4. The van der Waals surface area contributed by atoms with E-state index >= 15 is 0 Å². The molecule has 0 heteroatoms. The van der Waals surface area contributed by atoms with E-state index in [1.165, 1.54) is 122 Å². The maximum atomic E-state index is 2.51. The van der Waals surface area contributed by atoms with Crippen molar-refractivity contribution in [3.05, 3.63) is 301 Å². The molecule has 0 N–H and O–H groups in total. The van der Waals surface area contributed by atoms with Crippen LogP contribution >= 0.6 is 0 Å². The van der Waals surface area contributed by atoms with Gasteiger partial charge in [0.25, 0.3) is 0 Å². The molecule has 69 heavy (non-hydrogen) atoms. The topological polar surface area (TPSA) is 0 Å². The van der Waals surface area contributed by atoms with Crippen molar-refractivity contribution in [1.82, 2.24) is 0 Å². The summed E-state index contributed by atoms with van der Waals surface area (Å²) >= 11 is 0. The third-order valence-corrected chi connectivity index (χ3v) is 14.6. The third-order valence-electron chi connectivity index (χ3n) is 14.6. The fraction of sp³-hybridized carbons (Fsp3) is 0.0145. The first-order chi connectivity index (χ1) is 34.2. The number of benzene rings is 12. The summed E-state index contributed by atoms with van der Waals surface area (Å²) in [4.78, 5) is 0. The molecule has 0 atom stereocenters. The van der Waals surface area contributed by atoms with E-state index in [1.54, 1.807) is 0 Å². The average molecular weight is 875 g/mol. The van der Waals surface area contributed by atoms with Crippen molar-refractivity contribution < 1.29 is 0 Å². The first kappa shape index (κ1) is 40.4. The van der Waals surface area contributed by atoms with Gasteiger partial charge in [0.05, 0.1) is 5.41 Å². The molecular formula is C69H46. The van der Waals surface area contributed by atoms with E-state index in [0.29, 0.717) is 0 Å². The summed E-state index contributed by atoms with van der Waals surface area (Å²) < 4.78 is 0. The number of rotatable bonds is 8. The maximum Gasteiger partial charge on any atom is 0.0713 e. The Morgan fingerprint density at radius 1 is 0.188 bits per heavy atom. The number of hydrogen-bond donors (Lipinski definition) is 0. The highest BCUT2D eigenvalue weighted by atomic mass is 14.5. The second kappa shape index (κ2) is 16.8. The van der Waals surface area contributed by atoms with Gasteiger partial charge in [-0.2, -0.15) is 0 Å². The highest BCUT2D eigenvalue weighted by Gasteiger charge is 2.46. The van der Waals surface area contributed by atoms with E-state index in [-0.39, 0.29) is 0 Å². The van der Waals surface area contributed by atoms with Crippen molar-refractivity contribution >= 4 is 21.5 Å². The van der Waals surface area contributed by atoms with Crippen LogP contribution in [0.25, 0.3) is 99.4 Å². The molecule has 12 aromatic rings. The third kappa shape index (κ3) is 6.75. The molecule has 0 radical (unpaired) electrons. The van der Waals surface area contributed by atoms with Crippen LogP contribution in [0.3, 0.4) is 0 Å². The van der Waals surface area contributed by atoms with E-state index in [2.05, 4.69) is 279 Å². The SMILES string of the molecule is c1ccc(-c2cc(-c3ccccc3)cc(-c3ccc(-c4ccc(-c5c6ccccc6c(-c6ccc7c(c6)C(c6ccccc6)(c6ccccc6)c6ccccc6-7)c6ccccc56)cc4)cc3)c2)cc1. The van der Waals surface area contributed by atoms with Gasteiger partial charge in [0.2, 0.25) is 0 Å². The van der Waals surface area contributed by atoms with Crippen LogP contribution in [0.1, 0.15) is 22.3 Å². The molecule has 0 unspecified atom stereocenters. The van der Waals surface area contributed by atoms with Crippen LogP contribution in [-0.4, -0.2) is 0 Å². The highest BCUT2D eigenvalue weighted by molar-refractivity contribution is 6.21. The van der Waals surface area contributed by atoms with E-state index in [1.807, 2.05) is 0 Å². The molecule has 0 amide bonds. The Kier molecular flexibility index (Phi) is 9.84. The predicted molar refractivity (Wildman–Crippen MR) is 291 cm³/mol. The van der Waals surface area contributed by atoms with Gasteiger partial charge in [-0.25, -0.2) is 0 Å². The van der Waals surface area contributed by atoms with E-state index in [0.717, 1.165) is 0 Å².